The number of fused-ring (bicyclic) bond motifs is 1. The summed E-state index contributed by atoms with van der Waals surface area (Å²) in [5, 5.41) is 2.65. The Labute approximate surface area is 156 Å². The number of halogens is 1. The van der Waals surface area contributed by atoms with Gasteiger partial charge in [-0.2, -0.15) is 0 Å². The second-order valence-electron chi connectivity index (χ2n) is 7.57. The topological polar surface area (TPSA) is 79.0 Å². The molecule has 4 rings (SSSR count). The highest BCUT2D eigenvalue weighted by atomic mass is 19.1. The summed E-state index contributed by atoms with van der Waals surface area (Å²) in [7, 11) is 0. The van der Waals surface area contributed by atoms with Crippen LogP contribution >= 0.6 is 0 Å². The number of ether oxygens (including phenoxy) is 1. The van der Waals surface area contributed by atoms with E-state index in [9.17, 15) is 18.8 Å². The molecule has 0 aromatic heterocycles. The van der Waals surface area contributed by atoms with Crippen molar-refractivity contribution < 1.29 is 23.5 Å². The molecule has 0 bridgehead atoms. The molecule has 3 atom stereocenters. The first-order valence-corrected chi connectivity index (χ1v) is 9.10. The van der Waals surface area contributed by atoms with E-state index in [0.29, 0.717) is 32.1 Å². The van der Waals surface area contributed by atoms with Crippen LogP contribution in [0.2, 0.25) is 0 Å². The maximum absolute atomic E-state index is 12.6. The van der Waals surface area contributed by atoms with Crippen molar-refractivity contribution in [2.24, 2.45) is 5.92 Å². The highest BCUT2D eigenvalue weighted by molar-refractivity contribution is 5.90. The molecule has 1 N–H and O–H groups in total. The number of likely N-dealkylation sites (tertiary alicyclic amines) is 1. The Morgan fingerprint density at radius 2 is 2.04 bits per heavy atom. The quantitative estimate of drug-likeness (QED) is 0.839. The van der Waals surface area contributed by atoms with E-state index < -0.39 is 18.7 Å². The van der Waals surface area contributed by atoms with Crippen molar-refractivity contribution >= 4 is 23.6 Å². The highest BCUT2D eigenvalue weighted by Crippen LogP contribution is 2.59. The molecule has 2 aliphatic heterocycles. The van der Waals surface area contributed by atoms with Gasteiger partial charge in [0.2, 0.25) is 5.91 Å². The minimum absolute atomic E-state index is 0.0666. The fourth-order valence-electron chi connectivity index (χ4n) is 4.27. The number of carbonyl (C=O) groups is 3. The Bertz CT molecular complexity index is 784. The van der Waals surface area contributed by atoms with Gasteiger partial charge in [-0.25, -0.2) is 9.18 Å². The molecule has 7 nitrogen and oxygen atoms in total. The second-order valence-corrected chi connectivity index (χ2v) is 7.57. The van der Waals surface area contributed by atoms with Crippen LogP contribution in [0.15, 0.2) is 24.3 Å². The molecule has 0 spiro atoms. The van der Waals surface area contributed by atoms with Gasteiger partial charge >= 0.3 is 6.09 Å². The van der Waals surface area contributed by atoms with Gasteiger partial charge in [0, 0.05) is 31.1 Å². The van der Waals surface area contributed by atoms with Gasteiger partial charge in [-0.3, -0.25) is 14.5 Å². The van der Waals surface area contributed by atoms with Crippen molar-refractivity contribution in [3.8, 4) is 0 Å². The normalized spacial score (nSPS) is 28.7. The van der Waals surface area contributed by atoms with Crippen LogP contribution in [0.5, 0.6) is 0 Å². The van der Waals surface area contributed by atoms with E-state index in [-0.39, 0.29) is 17.4 Å². The summed E-state index contributed by atoms with van der Waals surface area (Å²) in [6.07, 6.45) is 0.205. The maximum Gasteiger partial charge on any atom is 0.414 e. The number of benzene rings is 1. The summed E-state index contributed by atoms with van der Waals surface area (Å²) in [4.78, 5) is 37.9. The first-order chi connectivity index (χ1) is 12.9. The Morgan fingerprint density at radius 1 is 1.30 bits per heavy atom. The molecule has 2 saturated heterocycles. The lowest BCUT2D eigenvalue weighted by Gasteiger charge is -2.21. The third-order valence-electron chi connectivity index (χ3n) is 5.82. The predicted molar refractivity (Wildman–Crippen MR) is 95.1 cm³/mol. The Kier molecular flexibility index (Phi) is 4.28. The molecule has 8 heteroatoms. The minimum atomic E-state index is -0.946. The number of piperidine rings is 1. The van der Waals surface area contributed by atoms with Gasteiger partial charge in [0.15, 0.2) is 6.67 Å². The second kappa shape index (κ2) is 6.51. The summed E-state index contributed by atoms with van der Waals surface area (Å²) in [6, 6.07) is 7.71. The summed E-state index contributed by atoms with van der Waals surface area (Å²) >= 11 is 0. The van der Waals surface area contributed by atoms with Gasteiger partial charge in [-0.15, -0.1) is 0 Å². The van der Waals surface area contributed by atoms with Crippen molar-refractivity contribution in [2.45, 2.75) is 24.9 Å². The van der Waals surface area contributed by atoms with Crippen molar-refractivity contribution in [1.82, 2.24) is 10.2 Å². The standard InChI is InChI=1S/C19H22FN3O4/c1-12(24)21-8-16-10-23(18(26)27-16)15-4-2-13(3-5-15)19-6-14(19)9-22(11-19)17(25)7-20/h2-5,14,16H,6-11H2,1H3,(H,21,24)/t14?,16-,19?/m0/s1. The zero-order chi connectivity index (χ0) is 19.2. The number of alkyl halides is 1. The number of amides is 3. The van der Waals surface area contributed by atoms with E-state index in [1.54, 1.807) is 9.80 Å². The number of nitrogens with zero attached hydrogens (tertiary/aromatic N) is 2. The fraction of sp³-hybridized carbons (Fsp3) is 0.526. The zero-order valence-corrected chi connectivity index (χ0v) is 15.1. The van der Waals surface area contributed by atoms with E-state index in [0.717, 1.165) is 17.7 Å². The van der Waals surface area contributed by atoms with Crippen LogP contribution in [-0.2, 0) is 19.7 Å². The van der Waals surface area contributed by atoms with Crippen LogP contribution < -0.4 is 10.2 Å². The van der Waals surface area contributed by atoms with Crippen LogP contribution in [0.4, 0.5) is 14.9 Å². The molecular formula is C19H22FN3O4. The number of hydrogen-bond donors (Lipinski definition) is 1. The molecule has 1 aromatic rings. The Morgan fingerprint density at radius 3 is 2.70 bits per heavy atom. The minimum Gasteiger partial charge on any atom is -0.442 e. The predicted octanol–water partition coefficient (Wildman–Crippen LogP) is 1.22. The fourth-order valence-corrected chi connectivity index (χ4v) is 4.27. The lowest BCUT2D eigenvalue weighted by atomic mass is 9.94. The zero-order valence-electron chi connectivity index (χ0n) is 15.1. The molecule has 1 aliphatic carbocycles. The van der Waals surface area contributed by atoms with Crippen LogP contribution in [0, 0.1) is 5.92 Å². The summed E-state index contributed by atoms with van der Waals surface area (Å²) in [5.41, 5.74) is 1.79. The Hall–Kier alpha value is -2.64. The smallest absolute Gasteiger partial charge is 0.414 e. The van der Waals surface area contributed by atoms with E-state index in [4.69, 9.17) is 4.74 Å². The van der Waals surface area contributed by atoms with Gasteiger partial charge in [0.1, 0.15) is 6.10 Å². The van der Waals surface area contributed by atoms with Gasteiger partial charge in [0.05, 0.1) is 13.1 Å². The highest BCUT2D eigenvalue weighted by Gasteiger charge is 2.61. The van der Waals surface area contributed by atoms with Crippen LogP contribution in [0.25, 0.3) is 0 Å². The van der Waals surface area contributed by atoms with Crippen LogP contribution in [-0.4, -0.2) is 61.8 Å². The first kappa shape index (κ1) is 17.8. The molecule has 0 radical (unpaired) electrons. The average molecular weight is 375 g/mol. The van der Waals surface area contributed by atoms with Crippen molar-refractivity contribution in [3.05, 3.63) is 29.8 Å². The SMILES string of the molecule is CC(=O)NC[C@H]1CN(c2ccc(C34CC3CN(C(=O)CF)C4)cc2)C(=O)O1. The van der Waals surface area contributed by atoms with E-state index in [1.165, 1.54) is 6.92 Å². The largest absolute Gasteiger partial charge is 0.442 e. The summed E-state index contributed by atoms with van der Waals surface area (Å²) in [5.74, 6) is -0.218. The molecular weight excluding hydrogens is 353 g/mol. The lowest BCUT2D eigenvalue weighted by Crippen LogP contribution is -2.34. The van der Waals surface area contributed by atoms with Crippen LogP contribution in [0.3, 0.4) is 0 Å². The van der Waals surface area contributed by atoms with Gasteiger partial charge < -0.3 is 15.0 Å². The monoisotopic (exact) mass is 375 g/mol. The van der Waals surface area contributed by atoms with Crippen LogP contribution in [0.1, 0.15) is 18.9 Å². The lowest BCUT2D eigenvalue weighted by molar-refractivity contribution is -0.131. The number of cyclic esters (lactones) is 1. The van der Waals surface area contributed by atoms with Gasteiger partial charge in [-0.05, 0) is 30.0 Å². The first-order valence-electron chi connectivity index (χ1n) is 9.10. The number of anilines is 1. The summed E-state index contributed by atoms with van der Waals surface area (Å²) in [6.45, 7) is 2.32. The molecule has 144 valence electrons. The van der Waals surface area contributed by atoms with Gasteiger partial charge in [-0.1, -0.05) is 12.1 Å². The number of hydrogen-bond acceptors (Lipinski definition) is 4. The number of rotatable bonds is 5. The molecule has 3 amide bonds. The molecule has 2 heterocycles. The third-order valence-corrected chi connectivity index (χ3v) is 5.82. The molecule has 1 aromatic carbocycles. The van der Waals surface area contributed by atoms with E-state index in [2.05, 4.69) is 5.32 Å². The third kappa shape index (κ3) is 3.13. The molecule has 2 unspecified atom stereocenters. The van der Waals surface area contributed by atoms with E-state index in [1.807, 2.05) is 24.3 Å². The van der Waals surface area contributed by atoms with Crippen molar-refractivity contribution in [1.29, 1.82) is 0 Å². The average Bonchev–Trinajstić information content (AvgIpc) is 3.03. The van der Waals surface area contributed by atoms with Crippen molar-refractivity contribution in [2.75, 3.05) is 37.8 Å². The maximum atomic E-state index is 12.6. The molecule has 27 heavy (non-hydrogen) atoms. The summed E-state index contributed by atoms with van der Waals surface area (Å²) < 4.78 is 17.9. The number of nitrogens with one attached hydrogen (secondary N) is 1. The van der Waals surface area contributed by atoms with E-state index >= 15 is 0 Å². The molecule has 1 saturated carbocycles. The molecule has 3 aliphatic rings. The van der Waals surface area contributed by atoms with Gasteiger partial charge in [0.25, 0.3) is 5.91 Å². The molecule has 3 fully saturated rings. The van der Waals surface area contributed by atoms with Crippen molar-refractivity contribution in [3.63, 3.8) is 0 Å². The number of carbonyl (C=O) groups excluding carboxylic acids is 3. The Balaban J connectivity index is 1.42.